The average Bonchev–Trinajstić information content (AvgIpc) is 2.99. The zero-order valence-corrected chi connectivity index (χ0v) is 10.5. The predicted octanol–water partition coefficient (Wildman–Crippen LogP) is 1.67. The number of tetrazole rings is 1. The fraction of sp³-hybridized carbons (Fsp3) is 0.0769. The largest absolute Gasteiger partial charge is 0.330 e. The van der Waals surface area contributed by atoms with Crippen molar-refractivity contribution in [2.75, 3.05) is 5.32 Å². The van der Waals surface area contributed by atoms with Crippen LogP contribution in [0.5, 0.6) is 0 Å². The maximum absolute atomic E-state index is 11.8. The van der Waals surface area contributed by atoms with E-state index in [0.717, 1.165) is 16.5 Å². The Bertz CT molecular complexity index is 719. The highest BCUT2D eigenvalue weighted by molar-refractivity contribution is 6.01. The van der Waals surface area contributed by atoms with E-state index in [2.05, 4.69) is 31.3 Å². The number of nitrogens with zero attached hydrogens (tertiary/aromatic N) is 3. The second-order valence-corrected chi connectivity index (χ2v) is 4.16. The van der Waals surface area contributed by atoms with Crippen LogP contribution in [-0.2, 0) is 6.54 Å². The Balaban J connectivity index is 1.71. The number of benzene rings is 2. The number of hydrogen-bond donors (Lipinski definition) is 3. The lowest BCUT2D eigenvalue weighted by molar-refractivity contribution is 0.251. The number of urea groups is 1. The second kappa shape index (κ2) is 5.35. The van der Waals surface area contributed by atoms with E-state index >= 15 is 0 Å². The lowest BCUT2D eigenvalue weighted by atomic mass is 10.1. The van der Waals surface area contributed by atoms with Crippen molar-refractivity contribution in [2.24, 2.45) is 0 Å². The molecule has 20 heavy (non-hydrogen) atoms. The standard InChI is InChI=1S/C13H12N6O/c20-13(14-8-12-16-18-19-17-12)15-11-7-3-5-9-4-1-2-6-10(9)11/h1-7H,8H2,(H2,14,15,20)(H,16,17,18,19). The number of rotatable bonds is 3. The van der Waals surface area contributed by atoms with Crippen molar-refractivity contribution in [3.05, 3.63) is 48.3 Å². The molecular weight excluding hydrogens is 256 g/mol. The van der Waals surface area contributed by atoms with Gasteiger partial charge in [0, 0.05) is 5.39 Å². The van der Waals surface area contributed by atoms with Crippen LogP contribution in [0.25, 0.3) is 10.8 Å². The van der Waals surface area contributed by atoms with Crippen LogP contribution < -0.4 is 10.6 Å². The topological polar surface area (TPSA) is 95.6 Å². The average molecular weight is 268 g/mol. The Morgan fingerprint density at radius 1 is 1.15 bits per heavy atom. The van der Waals surface area contributed by atoms with E-state index < -0.39 is 0 Å². The van der Waals surface area contributed by atoms with E-state index in [-0.39, 0.29) is 12.6 Å². The monoisotopic (exact) mass is 268 g/mol. The SMILES string of the molecule is O=C(NCc1nn[nH]n1)Nc1cccc2ccccc12. The van der Waals surface area contributed by atoms with Crippen LogP contribution in [0.1, 0.15) is 5.82 Å². The van der Waals surface area contributed by atoms with E-state index in [9.17, 15) is 4.79 Å². The summed E-state index contributed by atoms with van der Waals surface area (Å²) in [5.41, 5.74) is 0.758. The molecule has 0 saturated carbocycles. The predicted molar refractivity (Wildman–Crippen MR) is 74.0 cm³/mol. The van der Waals surface area contributed by atoms with Gasteiger partial charge in [-0.05, 0) is 11.5 Å². The van der Waals surface area contributed by atoms with E-state index in [0.29, 0.717) is 5.82 Å². The number of carbonyl (C=O) groups excluding carboxylic acids is 1. The number of fused-ring (bicyclic) bond motifs is 1. The molecule has 0 fully saturated rings. The first-order valence-electron chi connectivity index (χ1n) is 6.08. The van der Waals surface area contributed by atoms with Crippen molar-refractivity contribution < 1.29 is 4.79 Å². The van der Waals surface area contributed by atoms with Crippen molar-refractivity contribution in [3.8, 4) is 0 Å². The summed E-state index contributed by atoms with van der Waals surface area (Å²) in [6.45, 7) is 0.215. The molecule has 0 aliphatic rings. The maximum Gasteiger partial charge on any atom is 0.319 e. The second-order valence-electron chi connectivity index (χ2n) is 4.16. The summed E-state index contributed by atoms with van der Waals surface area (Å²) in [7, 11) is 0. The van der Waals surface area contributed by atoms with E-state index in [4.69, 9.17) is 0 Å². The molecule has 0 bridgehead atoms. The molecule has 3 N–H and O–H groups in total. The van der Waals surface area contributed by atoms with Crippen LogP contribution in [-0.4, -0.2) is 26.7 Å². The summed E-state index contributed by atoms with van der Waals surface area (Å²) in [6, 6.07) is 13.3. The van der Waals surface area contributed by atoms with Crippen LogP contribution in [0, 0.1) is 0 Å². The molecule has 100 valence electrons. The molecule has 7 heteroatoms. The summed E-state index contributed by atoms with van der Waals surface area (Å²) >= 11 is 0. The van der Waals surface area contributed by atoms with Gasteiger partial charge in [-0.3, -0.25) is 0 Å². The minimum Gasteiger partial charge on any atom is -0.330 e. The quantitative estimate of drug-likeness (QED) is 0.673. The summed E-state index contributed by atoms with van der Waals surface area (Å²) < 4.78 is 0. The van der Waals surface area contributed by atoms with Crippen molar-refractivity contribution in [1.82, 2.24) is 25.9 Å². The molecule has 1 heterocycles. The number of H-pyrrole nitrogens is 1. The first-order valence-corrected chi connectivity index (χ1v) is 6.08. The zero-order chi connectivity index (χ0) is 13.8. The highest BCUT2D eigenvalue weighted by Gasteiger charge is 2.06. The minimum absolute atomic E-state index is 0.215. The van der Waals surface area contributed by atoms with Gasteiger partial charge in [0.05, 0.1) is 12.2 Å². The van der Waals surface area contributed by atoms with Crippen LogP contribution in [0.15, 0.2) is 42.5 Å². The summed E-state index contributed by atoms with van der Waals surface area (Å²) in [4.78, 5) is 11.8. The highest BCUT2D eigenvalue weighted by Crippen LogP contribution is 2.22. The highest BCUT2D eigenvalue weighted by atomic mass is 16.2. The van der Waals surface area contributed by atoms with Gasteiger partial charge in [-0.15, -0.1) is 10.2 Å². The molecule has 0 unspecified atom stereocenters. The molecule has 2 aromatic carbocycles. The van der Waals surface area contributed by atoms with Crippen LogP contribution in [0.4, 0.5) is 10.5 Å². The summed E-state index contributed by atoms with van der Waals surface area (Å²) in [5, 5.41) is 20.8. The van der Waals surface area contributed by atoms with Gasteiger partial charge in [0.15, 0.2) is 5.82 Å². The molecule has 0 spiro atoms. The Labute approximate surface area is 114 Å². The fourth-order valence-electron chi connectivity index (χ4n) is 1.92. The Morgan fingerprint density at radius 3 is 2.85 bits per heavy atom. The molecule has 2 amide bonds. The zero-order valence-electron chi connectivity index (χ0n) is 10.5. The van der Waals surface area contributed by atoms with Crippen LogP contribution in [0.2, 0.25) is 0 Å². The fourth-order valence-corrected chi connectivity index (χ4v) is 1.92. The van der Waals surface area contributed by atoms with Gasteiger partial charge in [0.1, 0.15) is 0 Å². The molecule has 3 aromatic rings. The number of anilines is 1. The van der Waals surface area contributed by atoms with Crippen LogP contribution >= 0.6 is 0 Å². The smallest absolute Gasteiger partial charge is 0.319 e. The molecule has 3 rings (SSSR count). The molecule has 1 aromatic heterocycles. The molecular formula is C13H12N6O. The van der Waals surface area contributed by atoms with Gasteiger partial charge in [-0.25, -0.2) is 4.79 Å². The lowest BCUT2D eigenvalue weighted by Crippen LogP contribution is -2.28. The van der Waals surface area contributed by atoms with Gasteiger partial charge in [0.2, 0.25) is 0 Å². The summed E-state index contributed by atoms with van der Waals surface area (Å²) in [6.07, 6.45) is 0. The molecule has 0 saturated heterocycles. The summed E-state index contributed by atoms with van der Waals surface area (Å²) in [5.74, 6) is 0.429. The Hall–Kier alpha value is -2.96. The van der Waals surface area contributed by atoms with Gasteiger partial charge < -0.3 is 10.6 Å². The third kappa shape index (κ3) is 2.56. The third-order valence-corrected chi connectivity index (χ3v) is 2.83. The number of carbonyl (C=O) groups is 1. The first kappa shape index (κ1) is 12.1. The number of aromatic amines is 1. The minimum atomic E-state index is -0.314. The first-order chi connectivity index (χ1) is 9.83. The van der Waals surface area contributed by atoms with Crippen LogP contribution in [0.3, 0.4) is 0 Å². The van der Waals surface area contributed by atoms with Crippen molar-refractivity contribution in [3.63, 3.8) is 0 Å². The van der Waals surface area contributed by atoms with Gasteiger partial charge in [-0.1, -0.05) is 41.6 Å². The van der Waals surface area contributed by atoms with Gasteiger partial charge in [-0.2, -0.15) is 5.21 Å². The van der Waals surface area contributed by atoms with E-state index in [1.54, 1.807) is 0 Å². The molecule has 0 aliphatic heterocycles. The maximum atomic E-state index is 11.8. The number of hydrogen-bond acceptors (Lipinski definition) is 4. The Morgan fingerprint density at radius 2 is 2.00 bits per heavy atom. The molecule has 7 nitrogen and oxygen atoms in total. The van der Waals surface area contributed by atoms with Gasteiger partial charge >= 0.3 is 6.03 Å². The van der Waals surface area contributed by atoms with Gasteiger partial charge in [0.25, 0.3) is 0 Å². The van der Waals surface area contributed by atoms with Crippen molar-refractivity contribution in [1.29, 1.82) is 0 Å². The number of aromatic nitrogens is 4. The third-order valence-electron chi connectivity index (χ3n) is 2.83. The number of nitrogens with one attached hydrogen (secondary N) is 3. The van der Waals surface area contributed by atoms with Crippen molar-refractivity contribution in [2.45, 2.75) is 6.54 Å². The lowest BCUT2D eigenvalue weighted by Gasteiger charge is -2.09. The molecule has 0 aliphatic carbocycles. The van der Waals surface area contributed by atoms with Crippen molar-refractivity contribution >= 4 is 22.5 Å². The molecule has 0 atom stereocenters. The van der Waals surface area contributed by atoms with E-state index in [1.165, 1.54) is 0 Å². The Kier molecular flexibility index (Phi) is 3.24. The molecule has 0 radical (unpaired) electrons. The number of amides is 2. The normalized spacial score (nSPS) is 10.4. The van der Waals surface area contributed by atoms with E-state index in [1.807, 2.05) is 42.5 Å².